The first-order chi connectivity index (χ1) is 13.3. The van der Waals surface area contributed by atoms with Gasteiger partial charge in [-0.2, -0.15) is 0 Å². The van der Waals surface area contributed by atoms with Crippen LogP contribution in [-0.4, -0.2) is 7.85 Å². The van der Waals surface area contributed by atoms with E-state index in [0.29, 0.717) is 0 Å². The summed E-state index contributed by atoms with van der Waals surface area (Å²) in [6, 6.07) is 35.4. The second-order valence-corrected chi connectivity index (χ2v) is 6.84. The summed E-state index contributed by atoms with van der Waals surface area (Å²) in [5, 5.41) is 0. The van der Waals surface area contributed by atoms with Crippen molar-refractivity contribution in [3.05, 3.63) is 125 Å². The molecule has 0 spiro atoms. The summed E-state index contributed by atoms with van der Waals surface area (Å²) in [6.45, 7) is 0. The minimum absolute atomic E-state index is 0.484. The van der Waals surface area contributed by atoms with Gasteiger partial charge in [-0.3, -0.25) is 0 Å². The number of fused-ring (bicyclic) bond motifs is 2. The predicted molar refractivity (Wildman–Crippen MR) is 110 cm³/mol. The number of ether oxygens (including phenoxy) is 1. The molecule has 1 aliphatic heterocycles. The van der Waals surface area contributed by atoms with Crippen molar-refractivity contribution in [2.45, 2.75) is 5.41 Å². The molecule has 0 aromatic heterocycles. The first kappa shape index (κ1) is 16.0. The summed E-state index contributed by atoms with van der Waals surface area (Å²) in [5.41, 5.74) is 4.83. The van der Waals surface area contributed by atoms with Crippen molar-refractivity contribution in [1.82, 2.24) is 0 Å². The number of rotatable bonds is 2. The maximum Gasteiger partial charge on any atom is 0.132 e. The summed E-state index contributed by atoms with van der Waals surface area (Å²) < 4.78 is 6.28. The standard InChI is InChI=1S/C25H17BO/c26-20-15-16-24-22(17-20)25(18-9-3-1-4-10-18,19-11-5-2-6-12-19)21-13-7-8-14-23(21)27-24/h1-17H. The van der Waals surface area contributed by atoms with Crippen LogP contribution in [0.4, 0.5) is 0 Å². The Morgan fingerprint density at radius 1 is 0.556 bits per heavy atom. The van der Waals surface area contributed by atoms with Crippen molar-refractivity contribution in [1.29, 1.82) is 0 Å². The monoisotopic (exact) mass is 344 g/mol. The average molecular weight is 344 g/mol. The first-order valence-electron chi connectivity index (χ1n) is 9.08. The second-order valence-electron chi connectivity index (χ2n) is 6.84. The molecule has 0 bridgehead atoms. The van der Waals surface area contributed by atoms with Gasteiger partial charge in [0.2, 0.25) is 0 Å². The lowest BCUT2D eigenvalue weighted by Crippen LogP contribution is -2.35. The van der Waals surface area contributed by atoms with Gasteiger partial charge in [0.25, 0.3) is 0 Å². The molecular formula is C25H17BO. The molecule has 4 aromatic carbocycles. The molecule has 0 atom stereocenters. The van der Waals surface area contributed by atoms with Crippen LogP contribution in [0.5, 0.6) is 11.5 Å². The summed E-state index contributed by atoms with van der Waals surface area (Å²) in [5.74, 6) is 1.72. The van der Waals surface area contributed by atoms with Crippen LogP contribution in [0.3, 0.4) is 0 Å². The highest BCUT2D eigenvalue weighted by atomic mass is 16.5. The Labute approximate surface area is 160 Å². The molecule has 27 heavy (non-hydrogen) atoms. The van der Waals surface area contributed by atoms with Gasteiger partial charge < -0.3 is 4.74 Å². The summed E-state index contributed by atoms with van der Waals surface area (Å²) >= 11 is 0. The summed E-state index contributed by atoms with van der Waals surface area (Å²) in [6.07, 6.45) is 0. The van der Waals surface area contributed by atoms with Gasteiger partial charge in [0.15, 0.2) is 0 Å². The Morgan fingerprint density at radius 2 is 1.11 bits per heavy atom. The third-order valence-corrected chi connectivity index (χ3v) is 5.33. The lowest BCUT2D eigenvalue weighted by Gasteiger charge is -2.41. The van der Waals surface area contributed by atoms with Gasteiger partial charge in [-0.1, -0.05) is 96.5 Å². The molecule has 0 fully saturated rings. The molecule has 0 N–H and O–H groups in total. The molecule has 0 unspecified atom stereocenters. The molecule has 0 saturated carbocycles. The number of para-hydroxylation sites is 1. The molecular weight excluding hydrogens is 327 g/mol. The van der Waals surface area contributed by atoms with Gasteiger partial charge in [-0.15, -0.1) is 0 Å². The molecule has 2 heteroatoms. The fraction of sp³-hybridized carbons (Fsp3) is 0.0400. The largest absolute Gasteiger partial charge is 0.457 e. The third-order valence-electron chi connectivity index (χ3n) is 5.33. The molecule has 5 rings (SSSR count). The van der Waals surface area contributed by atoms with Crippen LogP contribution in [0.1, 0.15) is 22.3 Å². The first-order valence-corrected chi connectivity index (χ1v) is 9.08. The molecule has 1 aliphatic rings. The number of hydrogen-bond donors (Lipinski definition) is 0. The van der Waals surface area contributed by atoms with Gasteiger partial charge in [-0.05, 0) is 23.3 Å². The fourth-order valence-corrected chi connectivity index (χ4v) is 4.22. The van der Waals surface area contributed by atoms with Crippen LogP contribution in [0, 0.1) is 0 Å². The summed E-state index contributed by atoms with van der Waals surface area (Å²) in [4.78, 5) is 0. The van der Waals surface area contributed by atoms with E-state index in [0.717, 1.165) is 28.1 Å². The van der Waals surface area contributed by atoms with Crippen LogP contribution in [0.2, 0.25) is 0 Å². The number of hydrogen-bond acceptors (Lipinski definition) is 1. The highest BCUT2D eigenvalue weighted by molar-refractivity contribution is 6.32. The predicted octanol–water partition coefficient (Wildman–Crippen LogP) is 4.97. The van der Waals surface area contributed by atoms with Gasteiger partial charge in [-0.25, -0.2) is 0 Å². The fourth-order valence-electron chi connectivity index (χ4n) is 4.22. The van der Waals surface area contributed by atoms with E-state index in [1.807, 2.05) is 42.5 Å². The highest BCUT2D eigenvalue weighted by Crippen LogP contribution is 2.54. The van der Waals surface area contributed by atoms with Crippen molar-refractivity contribution < 1.29 is 4.74 Å². The molecule has 0 aliphatic carbocycles. The molecule has 0 saturated heterocycles. The highest BCUT2D eigenvalue weighted by Gasteiger charge is 2.44. The Bertz CT molecular complexity index is 1060. The minimum Gasteiger partial charge on any atom is -0.457 e. The zero-order valence-corrected chi connectivity index (χ0v) is 14.8. The van der Waals surface area contributed by atoms with Gasteiger partial charge in [0.05, 0.1) is 5.41 Å². The van der Waals surface area contributed by atoms with E-state index in [2.05, 4.69) is 60.7 Å². The lowest BCUT2D eigenvalue weighted by atomic mass is 9.63. The minimum atomic E-state index is -0.484. The van der Waals surface area contributed by atoms with E-state index in [1.165, 1.54) is 11.1 Å². The van der Waals surface area contributed by atoms with E-state index in [9.17, 15) is 0 Å². The van der Waals surface area contributed by atoms with E-state index < -0.39 is 5.41 Å². The Hall–Kier alpha value is -3.26. The van der Waals surface area contributed by atoms with Crippen LogP contribution >= 0.6 is 0 Å². The zero-order valence-electron chi connectivity index (χ0n) is 14.8. The summed E-state index contributed by atoms with van der Waals surface area (Å²) in [7, 11) is 6.22. The lowest BCUT2D eigenvalue weighted by molar-refractivity contribution is 0.435. The quantitative estimate of drug-likeness (QED) is 0.411. The topological polar surface area (TPSA) is 9.23 Å². The molecule has 4 aromatic rings. The molecule has 126 valence electrons. The van der Waals surface area contributed by atoms with Crippen LogP contribution in [0.15, 0.2) is 103 Å². The van der Waals surface area contributed by atoms with E-state index in [1.54, 1.807) is 0 Å². The maximum atomic E-state index is 6.28. The van der Waals surface area contributed by atoms with Crippen molar-refractivity contribution in [2.24, 2.45) is 0 Å². The van der Waals surface area contributed by atoms with Crippen molar-refractivity contribution in [2.75, 3.05) is 0 Å². The van der Waals surface area contributed by atoms with Gasteiger partial charge in [0.1, 0.15) is 19.3 Å². The van der Waals surface area contributed by atoms with E-state index in [4.69, 9.17) is 12.6 Å². The van der Waals surface area contributed by atoms with Crippen molar-refractivity contribution >= 4 is 13.3 Å². The SMILES string of the molecule is [B]c1ccc2c(c1)C(c1ccccc1)(c1ccccc1)c1ccccc1O2. The van der Waals surface area contributed by atoms with Crippen LogP contribution in [-0.2, 0) is 5.41 Å². The van der Waals surface area contributed by atoms with Crippen molar-refractivity contribution in [3.8, 4) is 11.5 Å². The maximum absolute atomic E-state index is 6.28. The molecule has 0 amide bonds. The van der Waals surface area contributed by atoms with E-state index >= 15 is 0 Å². The normalized spacial score (nSPS) is 13.9. The van der Waals surface area contributed by atoms with Gasteiger partial charge >= 0.3 is 0 Å². The molecule has 2 radical (unpaired) electrons. The third kappa shape index (κ3) is 2.34. The smallest absolute Gasteiger partial charge is 0.132 e. The van der Waals surface area contributed by atoms with Gasteiger partial charge in [0, 0.05) is 11.1 Å². The Kier molecular flexibility index (Phi) is 3.65. The zero-order chi connectivity index (χ0) is 18.3. The molecule has 1 nitrogen and oxygen atoms in total. The molecule has 1 heterocycles. The van der Waals surface area contributed by atoms with Crippen LogP contribution in [0.25, 0.3) is 0 Å². The Balaban J connectivity index is 1.98. The van der Waals surface area contributed by atoms with Crippen molar-refractivity contribution in [3.63, 3.8) is 0 Å². The second kappa shape index (κ2) is 6.17. The van der Waals surface area contributed by atoms with Crippen LogP contribution < -0.4 is 10.2 Å². The Morgan fingerprint density at radius 3 is 1.78 bits per heavy atom. The van der Waals surface area contributed by atoms with E-state index in [-0.39, 0.29) is 0 Å². The average Bonchev–Trinajstić information content (AvgIpc) is 2.73. The number of benzene rings is 4.